The van der Waals surface area contributed by atoms with Crippen molar-refractivity contribution < 1.29 is 4.74 Å². The highest BCUT2D eigenvalue weighted by Gasteiger charge is 2.33. The Kier molecular flexibility index (Phi) is 4.63. The molecule has 126 valence electrons. The molecule has 3 nitrogen and oxygen atoms in total. The number of hydrogen-bond acceptors (Lipinski definition) is 3. The first kappa shape index (κ1) is 15.8. The summed E-state index contributed by atoms with van der Waals surface area (Å²) >= 11 is 6.03. The summed E-state index contributed by atoms with van der Waals surface area (Å²) in [5, 5.41) is 4.27. The summed E-state index contributed by atoms with van der Waals surface area (Å²) < 4.78 is 6.07. The fraction of sp³-hybridized carbons (Fsp3) is 0.400. The van der Waals surface area contributed by atoms with Gasteiger partial charge in [0.25, 0.3) is 0 Å². The van der Waals surface area contributed by atoms with Gasteiger partial charge in [0.15, 0.2) is 0 Å². The van der Waals surface area contributed by atoms with Gasteiger partial charge in [-0.05, 0) is 62.2 Å². The number of fused-ring (bicyclic) bond motifs is 1. The zero-order valence-corrected chi connectivity index (χ0v) is 14.5. The largest absolute Gasteiger partial charge is 0.489 e. The molecular formula is C20H23ClN2O. The molecule has 1 N–H and O–H groups in total. The molecule has 0 aromatic heterocycles. The Hall–Kier alpha value is -1.71. The summed E-state index contributed by atoms with van der Waals surface area (Å²) in [6, 6.07) is 17.6. The number of benzene rings is 2. The normalized spacial score (nSPS) is 21.2. The monoisotopic (exact) mass is 342 g/mol. The minimum Gasteiger partial charge on any atom is -0.489 e. The molecule has 2 aromatic carbocycles. The number of piperidine rings is 1. The molecule has 2 aromatic rings. The molecule has 1 fully saturated rings. The van der Waals surface area contributed by atoms with Crippen LogP contribution in [-0.4, -0.2) is 31.8 Å². The van der Waals surface area contributed by atoms with Crippen LogP contribution in [0.5, 0.6) is 5.75 Å². The zero-order chi connectivity index (χ0) is 16.4. The van der Waals surface area contributed by atoms with Crippen molar-refractivity contribution in [3.63, 3.8) is 0 Å². The van der Waals surface area contributed by atoms with Crippen molar-refractivity contribution >= 4 is 17.3 Å². The topological polar surface area (TPSA) is 24.5 Å². The molecule has 0 bridgehead atoms. The van der Waals surface area contributed by atoms with Crippen molar-refractivity contribution in [3.05, 3.63) is 59.1 Å². The van der Waals surface area contributed by atoms with Crippen LogP contribution in [-0.2, 0) is 6.42 Å². The molecule has 24 heavy (non-hydrogen) atoms. The van der Waals surface area contributed by atoms with Gasteiger partial charge in [-0.3, -0.25) is 0 Å². The lowest BCUT2D eigenvalue weighted by molar-refractivity contribution is 0.242. The summed E-state index contributed by atoms with van der Waals surface area (Å²) in [5.74, 6) is 1.02. The number of nitrogens with one attached hydrogen (secondary N) is 1. The molecule has 0 amide bonds. The van der Waals surface area contributed by atoms with Gasteiger partial charge in [0.05, 0.1) is 11.7 Å². The summed E-state index contributed by atoms with van der Waals surface area (Å²) in [5.41, 5.74) is 2.56. The molecule has 4 rings (SSSR count). The van der Waals surface area contributed by atoms with E-state index < -0.39 is 0 Å². The summed E-state index contributed by atoms with van der Waals surface area (Å²) in [7, 11) is 0. The molecule has 2 heterocycles. The minimum atomic E-state index is 0.365. The van der Waals surface area contributed by atoms with Gasteiger partial charge in [0, 0.05) is 11.1 Å². The van der Waals surface area contributed by atoms with Crippen LogP contribution in [0.4, 0.5) is 5.69 Å². The average Bonchev–Trinajstić information content (AvgIpc) is 2.64. The fourth-order valence-corrected chi connectivity index (χ4v) is 4.01. The Labute approximate surface area is 148 Å². The number of rotatable bonds is 3. The molecule has 0 radical (unpaired) electrons. The Balaban J connectivity index is 1.63. The lowest BCUT2D eigenvalue weighted by Crippen LogP contribution is -2.53. The maximum absolute atomic E-state index is 6.07. The average molecular weight is 343 g/mol. The lowest BCUT2D eigenvalue weighted by Gasteiger charge is -2.45. The zero-order valence-electron chi connectivity index (χ0n) is 13.7. The van der Waals surface area contributed by atoms with E-state index in [2.05, 4.69) is 46.6 Å². The van der Waals surface area contributed by atoms with E-state index in [0.29, 0.717) is 12.1 Å². The van der Waals surface area contributed by atoms with Crippen LogP contribution >= 0.6 is 11.6 Å². The number of nitrogens with zero attached hydrogens (tertiary/aromatic N) is 1. The van der Waals surface area contributed by atoms with Crippen LogP contribution in [0, 0.1) is 0 Å². The first-order valence-electron chi connectivity index (χ1n) is 8.76. The van der Waals surface area contributed by atoms with Gasteiger partial charge >= 0.3 is 0 Å². The number of ether oxygens (including phenoxy) is 1. The van der Waals surface area contributed by atoms with Crippen LogP contribution in [0.25, 0.3) is 0 Å². The standard InChI is InChI=1S/C20H23ClN2O/c21-16-7-5-15(6-8-16)13-18-14-24-20-4-2-1-3-19(20)23(18)17-9-11-22-12-10-17/h1-8,17-18,22H,9-14H2/t18-/m0/s1. The predicted molar refractivity (Wildman–Crippen MR) is 99.3 cm³/mol. The molecule has 1 atom stereocenters. The Morgan fingerprint density at radius 1 is 1.04 bits per heavy atom. The van der Waals surface area contributed by atoms with Crippen LogP contribution < -0.4 is 15.0 Å². The van der Waals surface area contributed by atoms with Crippen molar-refractivity contribution in [2.75, 3.05) is 24.6 Å². The van der Waals surface area contributed by atoms with Gasteiger partial charge in [-0.1, -0.05) is 35.9 Å². The molecular weight excluding hydrogens is 320 g/mol. The minimum absolute atomic E-state index is 0.365. The second kappa shape index (κ2) is 7.04. The summed E-state index contributed by atoms with van der Waals surface area (Å²) in [4.78, 5) is 2.62. The molecule has 0 spiro atoms. The van der Waals surface area contributed by atoms with Gasteiger partial charge < -0.3 is 15.0 Å². The molecule has 0 aliphatic carbocycles. The summed E-state index contributed by atoms with van der Waals surface area (Å²) in [6.07, 6.45) is 3.35. The molecule has 0 unspecified atom stereocenters. The Morgan fingerprint density at radius 3 is 2.58 bits per heavy atom. The molecule has 1 saturated heterocycles. The van der Waals surface area contributed by atoms with Crippen LogP contribution in [0.2, 0.25) is 5.02 Å². The molecule has 2 aliphatic rings. The van der Waals surface area contributed by atoms with E-state index in [1.165, 1.54) is 24.1 Å². The van der Waals surface area contributed by atoms with Gasteiger partial charge in [-0.2, -0.15) is 0 Å². The Morgan fingerprint density at radius 2 is 1.79 bits per heavy atom. The highest BCUT2D eigenvalue weighted by atomic mass is 35.5. The van der Waals surface area contributed by atoms with E-state index in [4.69, 9.17) is 16.3 Å². The van der Waals surface area contributed by atoms with Crippen molar-refractivity contribution in [1.82, 2.24) is 5.32 Å². The molecule has 0 saturated carbocycles. The van der Waals surface area contributed by atoms with Crippen molar-refractivity contribution in [3.8, 4) is 5.75 Å². The predicted octanol–water partition coefficient (Wildman–Crippen LogP) is 3.90. The number of hydrogen-bond donors (Lipinski definition) is 1. The third-order valence-electron chi connectivity index (χ3n) is 5.05. The first-order valence-corrected chi connectivity index (χ1v) is 9.14. The summed E-state index contributed by atoms with van der Waals surface area (Å²) in [6.45, 7) is 2.93. The third-order valence-corrected chi connectivity index (χ3v) is 5.31. The van der Waals surface area contributed by atoms with E-state index in [0.717, 1.165) is 36.9 Å². The van der Waals surface area contributed by atoms with Crippen LogP contribution in [0.1, 0.15) is 18.4 Å². The maximum atomic E-state index is 6.07. The van der Waals surface area contributed by atoms with Gasteiger partial charge in [0.2, 0.25) is 0 Å². The lowest BCUT2D eigenvalue weighted by atomic mass is 9.96. The van der Waals surface area contributed by atoms with Crippen molar-refractivity contribution in [1.29, 1.82) is 0 Å². The van der Waals surface area contributed by atoms with Gasteiger partial charge in [-0.25, -0.2) is 0 Å². The highest BCUT2D eigenvalue weighted by Crippen LogP contribution is 2.37. The van der Waals surface area contributed by atoms with E-state index in [9.17, 15) is 0 Å². The molecule has 2 aliphatic heterocycles. The second-order valence-corrected chi connectivity index (χ2v) is 7.09. The second-order valence-electron chi connectivity index (χ2n) is 6.65. The quantitative estimate of drug-likeness (QED) is 0.915. The SMILES string of the molecule is Clc1ccc(C[C@H]2COc3ccccc3N2C2CCNCC2)cc1. The van der Waals surface area contributed by atoms with Crippen molar-refractivity contribution in [2.45, 2.75) is 31.3 Å². The van der Waals surface area contributed by atoms with E-state index in [1.54, 1.807) is 0 Å². The van der Waals surface area contributed by atoms with E-state index in [1.807, 2.05) is 12.1 Å². The number of anilines is 1. The smallest absolute Gasteiger partial charge is 0.142 e. The highest BCUT2D eigenvalue weighted by molar-refractivity contribution is 6.30. The van der Waals surface area contributed by atoms with Gasteiger partial charge in [0.1, 0.15) is 12.4 Å². The van der Waals surface area contributed by atoms with E-state index in [-0.39, 0.29) is 0 Å². The van der Waals surface area contributed by atoms with E-state index >= 15 is 0 Å². The number of para-hydroxylation sites is 2. The Bertz CT molecular complexity index is 682. The van der Waals surface area contributed by atoms with Crippen LogP contribution in [0.3, 0.4) is 0 Å². The maximum Gasteiger partial charge on any atom is 0.142 e. The van der Waals surface area contributed by atoms with Crippen LogP contribution in [0.15, 0.2) is 48.5 Å². The fourth-order valence-electron chi connectivity index (χ4n) is 3.89. The number of halogens is 1. The molecule has 4 heteroatoms. The first-order chi connectivity index (χ1) is 11.8. The van der Waals surface area contributed by atoms with Gasteiger partial charge in [-0.15, -0.1) is 0 Å². The third kappa shape index (κ3) is 3.24. The van der Waals surface area contributed by atoms with Crippen molar-refractivity contribution in [2.24, 2.45) is 0 Å².